The number of aromatic nitrogens is 2. The van der Waals surface area contributed by atoms with Crippen LogP contribution in [-0.4, -0.2) is 70.8 Å². The minimum Gasteiger partial charge on any atom is -0.349 e. The van der Waals surface area contributed by atoms with Gasteiger partial charge < -0.3 is 14.8 Å². The molecule has 2 aromatic rings. The lowest BCUT2D eigenvalue weighted by Crippen LogP contribution is -2.56. The molecule has 1 aromatic heterocycles. The molecule has 0 amide bonds. The van der Waals surface area contributed by atoms with E-state index in [-0.39, 0.29) is 24.0 Å². The van der Waals surface area contributed by atoms with E-state index in [0.29, 0.717) is 38.7 Å². The molecule has 1 atom stereocenters. The molecule has 1 saturated heterocycles. The largest absolute Gasteiger partial charge is 0.403 e. The molecule has 178 valence electrons. The van der Waals surface area contributed by atoms with Gasteiger partial charge in [0.15, 0.2) is 5.96 Å². The van der Waals surface area contributed by atoms with Crippen LogP contribution in [0.4, 0.5) is 13.2 Å². The molecule has 1 aliphatic rings. The van der Waals surface area contributed by atoms with Gasteiger partial charge in [-0.25, -0.2) is 4.98 Å². The van der Waals surface area contributed by atoms with Gasteiger partial charge in [-0.05, 0) is 25.3 Å². The Balaban J connectivity index is 0.00000363. The average Bonchev–Trinajstić information content (AvgIpc) is 3.21. The van der Waals surface area contributed by atoms with Crippen LogP contribution in [-0.2, 0) is 19.5 Å². The third-order valence-corrected chi connectivity index (χ3v) is 5.76. The Morgan fingerprint density at radius 1 is 1.16 bits per heavy atom. The van der Waals surface area contributed by atoms with Crippen molar-refractivity contribution >= 4 is 29.9 Å². The fourth-order valence-corrected chi connectivity index (χ4v) is 3.83. The fourth-order valence-electron chi connectivity index (χ4n) is 3.83. The Hall–Kier alpha value is -1.82. The zero-order valence-corrected chi connectivity index (χ0v) is 20.9. The summed E-state index contributed by atoms with van der Waals surface area (Å²) < 4.78 is 41.0. The second-order valence-electron chi connectivity index (χ2n) is 7.77. The third kappa shape index (κ3) is 7.36. The van der Waals surface area contributed by atoms with Crippen LogP contribution in [0.25, 0.3) is 0 Å². The molecule has 0 radical (unpaired) electrons. The van der Waals surface area contributed by atoms with E-state index in [0.717, 1.165) is 25.2 Å². The van der Waals surface area contributed by atoms with Crippen molar-refractivity contribution in [2.45, 2.75) is 45.1 Å². The van der Waals surface area contributed by atoms with Crippen LogP contribution in [0.5, 0.6) is 0 Å². The highest BCUT2D eigenvalue weighted by molar-refractivity contribution is 14.0. The highest BCUT2D eigenvalue weighted by Crippen LogP contribution is 2.25. The van der Waals surface area contributed by atoms with Crippen LogP contribution in [0.1, 0.15) is 24.7 Å². The van der Waals surface area contributed by atoms with Crippen molar-refractivity contribution in [3.63, 3.8) is 0 Å². The SMILES string of the molecule is CN=C(NCc1nccn1CCCc1ccccc1)N1CCN(C(C)C(F)(F)F)CC1.I. The van der Waals surface area contributed by atoms with Crippen LogP contribution < -0.4 is 5.32 Å². The molecular formula is C22H32F3IN6. The van der Waals surface area contributed by atoms with Gasteiger partial charge in [0.05, 0.1) is 6.54 Å². The normalized spacial score (nSPS) is 16.5. The van der Waals surface area contributed by atoms with Crippen LogP contribution in [0.15, 0.2) is 47.7 Å². The van der Waals surface area contributed by atoms with E-state index in [4.69, 9.17) is 0 Å². The monoisotopic (exact) mass is 564 g/mol. The highest BCUT2D eigenvalue weighted by Gasteiger charge is 2.41. The Labute approximate surface area is 204 Å². The van der Waals surface area contributed by atoms with Crippen molar-refractivity contribution in [3.05, 3.63) is 54.1 Å². The van der Waals surface area contributed by atoms with Crippen molar-refractivity contribution in [2.75, 3.05) is 33.2 Å². The van der Waals surface area contributed by atoms with E-state index in [9.17, 15) is 13.2 Å². The lowest BCUT2D eigenvalue weighted by Gasteiger charge is -2.39. The summed E-state index contributed by atoms with van der Waals surface area (Å²) >= 11 is 0. The van der Waals surface area contributed by atoms with Crippen LogP contribution in [0, 0.1) is 0 Å². The number of imidazole rings is 1. The first-order valence-electron chi connectivity index (χ1n) is 10.7. The number of piperazine rings is 1. The summed E-state index contributed by atoms with van der Waals surface area (Å²) in [6.45, 7) is 4.34. The number of aryl methyl sites for hydroxylation is 2. The fraction of sp³-hybridized carbons (Fsp3) is 0.545. The van der Waals surface area contributed by atoms with Gasteiger partial charge in [-0.1, -0.05) is 30.3 Å². The van der Waals surface area contributed by atoms with Crippen LogP contribution in [0.2, 0.25) is 0 Å². The molecule has 1 unspecified atom stereocenters. The summed E-state index contributed by atoms with van der Waals surface area (Å²) in [4.78, 5) is 12.2. The molecule has 0 bridgehead atoms. The number of guanidine groups is 1. The Morgan fingerprint density at radius 3 is 2.47 bits per heavy atom. The van der Waals surface area contributed by atoms with E-state index in [1.807, 2.05) is 17.2 Å². The number of benzene rings is 1. The van der Waals surface area contributed by atoms with Gasteiger partial charge in [0.2, 0.25) is 0 Å². The van der Waals surface area contributed by atoms with E-state index in [1.165, 1.54) is 17.4 Å². The van der Waals surface area contributed by atoms with Gasteiger partial charge in [-0.2, -0.15) is 13.2 Å². The summed E-state index contributed by atoms with van der Waals surface area (Å²) in [6.07, 6.45) is 1.59. The number of nitrogens with one attached hydrogen (secondary N) is 1. The Kier molecular flexibility index (Phi) is 10.3. The number of nitrogens with zero attached hydrogens (tertiary/aromatic N) is 5. The average molecular weight is 564 g/mol. The van der Waals surface area contributed by atoms with Crippen molar-refractivity contribution in [2.24, 2.45) is 4.99 Å². The molecule has 0 saturated carbocycles. The summed E-state index contributed by atoms with van der Waals surface area (Å²) in [5, 5.41) is 3.32. The van der Waals surface area contributed by atoms with E-state index in [2.05, 4.69) is 44.1 Å². The zero-order valence-electron chi connectivity index (χ0n) is 18.6. The zero-order chi connectivity index (χ0) is 22.3. The molecule has 0 aliphatic carbocycles. The van der Waals surface area contributed by atoms with Gasteiger partial charge in [-0.15, -0.1) is 24.0 Å². The third-order valence-electron chi connectivity index (χ3n) is 5.76. The number of hydrogen-bond acceptors (Lipinski definition) is 3. The van der Waals surface area contributed by atoms with Crippen molar-refractivity contribution in [1.29, 1.82) is 0 Å². The first-order valence-corrected chi connectivity index (χ1v) is 10.7. The molecule has 1 fully saturated rings. The minimum atomic E-state index is -4.19. The van der Waals surface area contributed by atoms with Gasteiger partial charge in [0.1, 0.15) is 11.9 Å². The Morgan fingerprint density at radius 2 is 1.84 bits per heavy atom. The number of rotatable bonds is 7. The van der Waals surface area contributed by atoms with Crippen molar-refractivity contribution in [1.82, 2.24) is 24.7 Å². The maximum atomic E-state index is 13.0. The molecule has 1 N–H and O–H groups in total. The predicted molar refractivity (Wildman–Crippen MR) is 131 cm³/mol. The second-order valence-corrected chi connectivity index (χ2v) is 7.77. The molecule has 10 heteroatoms. The molecule has 1 aliphatic heterocycles. The van der Waals surface area contributed by atoms with Crippen LogP contribution in [0.3, 0.4) is 0 Å². The Bertz CT molecular complexity index is 832. The maximum Gasteiger partial charge on any atom is 0.403 e. The first-order chi connectivity index (χ1) is 14.9. The number of hydrogen-bond donors (Lipinski definition) is 1. The van der Waals surface area contributed by atoms with Crippen molar-refractivity contribution < 1.29 is 13.2 Å². The van der Waals surface area contributed by atoms with Gasteiger partial charge >= 0.3 is 6.18 Å². The van der Waals surface area contributed by atoms with Crippen molar-refractivity contribution in [3.8, 4) is 0 Å². The van der Waals surface area contributed by atoms with E-state index in [1.54, 1.807) is 13.2 Å². The van der Waals surface area contributed by atoms with E-state index < -0.39 is 12.2 Å². The predicted octanol–water partition coefficient (Wildman–Crippen LogP) is 3.78. The molecule has 3 rings (SSSR count). The summed E-state index contributed by atoms with van der Waals surface area (Å²) in [7, 11) is 1.69. The lowest BCUT2D eigenvalue weighted by atomic mass is 10.1. The first kappa shape index (κ1) is 26.4. The standard InChI is InChI=1S/C22H31F3N6.HI/c1-18(22(23,24)25)29-13-15-31(16-14-29)21(26-2)28-17-20-27-10-12-30(20)11-6-9-19-7-4-3-5-8-19;/h3-5,7-8,10,12,18H,6,9,11,13-17H2,1-2H3,(H,26,28);1H. The van der Waals surface area contributed by atoms with E-state index >= 15 is 0 Å². The molecule has 2 heterocycles. The summed E-state index contributed by atoms with van der Waals surface area (Å²) in [6, 6.07) is 8.97. The number of halogens is 4. The smallest absolute Gasteiger partial charge is 0.349 e. The lowest BCUT2D eigenvalue weighted by molar-refractivity contribution is -0.181. The second kappa shape index (κ2) is 12.4. The van der Waals surface area contributed by atoms with Gasteiger partial charge in [0.25, 0.3) is 0 Å². The minimum absolute atomic E-state index is 0. The maximum absolute atomic E-state index is 13.0. The molecule has 1 aromatic carbocycles. The number of alkyl halides is 3. The van der Waals surface area contributed by atoms with Gasteiger partial charge in [-0.3, -0.25) is 9.89 Å². The molecular weight excluding hydrogens is 532 g/mol. The molecule has 6 nitrogen and oxygen atoms in total. The van der Waals surface area contributed by atoms with Crippen LogP contribution >= 0.6 is 24.0 Å². The molecule has 0 spiro atoms. The quantitative estimate of drug-likeness (QED) is 0.316. The summed E-state index contributed by atoms with van der Waals surface area (Å²) in [5.74, 6) is 1.61. The number of aliphatic imine (C=N–C) groups is 1. The summed E-state index contributed by atoms with van der Waals surface area (Å²) in [5.41, 5.74) is 1.32. The topological polar surface area (TPSA) is 48.7 Å². The van der Waals surface area contributed by atoms with Gasteiger partial charge in [0, 0.05) is 52.2 Å². The molecule has 32 heavy (non-hydrogen) atoms. The highest BCUT2D eigenvalue weighted by atomic mass is 127.